The zero-order valence-corrected chi connectivity index (χ0v) is 6.05. The van der Waals surface area contributed by atoms with Gasteiger partial charge in [0, 0.05) is 5.57 Å². The summed E-state index contributed by atoms with van der Waals surface area (Å²) in [6, 6.07) is 0. The molecule has 0 aromatic carbocycles. The normalized spacial score (nSPS) is 10.8. The molecule has 0 rings (SSSR count). The maximum Gasteiger partial charge on any atom is 0.338 e. The Morgan fingerprint density at radius 1 is 1.60 bits per heavy atom. The predicted octanol–water partition coefficient (Wildman–Crippen LogP) is 1.52. The summed E-state index contributed by atoms with van der Waals surface area (Å²) < 4.78 is 4.41. The van der Waals surface area contributed by atoms with E-state index in [2.05, 4.69) is 11.3 Å². The second kappa shape index (κ2) is 3.71. The van der Waals surface area contributed by atoms with Crippen molar-refractivity contribution in [3.05, 3.63) is 24.2 Å². The number of allylic oxidation sites excluding steroid dienone is 1. The van der Waals surface area contributed by atoms with E-state index in [0.29, 0.717) is 5.57 Å². The van der Waals surface area contributed by atoms with Crippen LogP contribution in [0.2, 0.25) is 0 Å². The molecule has 0 radical (unpaired) electrons. The smallest absolute Gasteiger partial charge is 0.338 e. The average Bonchev–Trinajstić information content (AvgIpc) is 1.82. The molecule has 0 saturated heterocycles. The second-order valence-corrected chi connectivity index (χ2v) is 1.94. The summed E-state index contributed by atoms with van der Waals surface area (Å²) in [4.78, 5) is 10.6. The van der Waals surface area contributed by atoms with E-state index in [1.165, 1.54) is 13.8 Å². The van der Waals surface area contributed by atoms with E-state index in [4.69, 9.17) is 5.11 Å². The molecule has 0 aliphatic heterocycles. The lowest BCUT2D eigenvalue weighted by atomic mass is 10.4. The number of esters is 1. The van der Waals surface area contributed by atoms with Crippen LogP contribution in [0.4, 0.5) is 0 Å². The molecule has 0 spiro atoms. The zero-order chi connectivity index (χ0) is 8.15. The van der Waals surface area contributed by atoms with Crippen molar-refractivity contribution >= 4 is 5.97 Å². The fourth-order valence-electron chi connectivity index (χ4n) is 0.239. The average molecular weight is 142 g/mol. The first-order valence-corrected chi connectivity index (χ1v) is 2.76. The van der Waals surface area contributed by atoms with Gasteiger partial charge in [0.1, 0.15) is 12.0 Å². The van der Waals surface area contributed by atoms with E-state index in [1.54, 1.807) is 0 Å². The van der Waals surface area contributed by atoms with E-state index < -0.39 is 5.97 Å². The summed E-state index contributed by atoms with van der Waals surface area (Å²) >= 11 is 0. The third-order valence-electron chi connectivity index (χ3n) is 0.685. The van der Waals surface area contributed by atoms with Crippen molar-refractivity contribution in [2.45, 2.75) is 13.8 Å². The lowest BCUT2D eigenvalue weighted by Crippen LogP contribution is -1.99. The van der Waals surface area contributed by atoms with Crippen molar-refractivity contribution in [1.29, 1.82) is 0 Å². The summed E-state index contributed by atoms with van der Waals surface area (Å²) in [6.45, 7) is 6.29. The minimum atomic E-state index is -0.534. The summed E-state index contributed by atoms with van der Waals surface area (Å²) in [6.07, 6.45) is 0.969. The molecule has 0 saturated carbocycles. The summed E-state index contributed by atoms with van der Waals surface area (Å²) in [5.41, 5.74) is 0.303. The lowest BCUT2D eigenvalue weighted by Gasteiger charge is -1.95. The van der Waals surface area contributed by atoms with Gasteiger partial charge in [-0.1, -0.05) is 6.58 Å². The molecule has 0 bridgehead atoms. The number of hydrogen-bond donors (Lipinski definition) is 1. The van der Waals surface area contributed by atoms with Gasteiger partial charge < -0.3 is 9.84 Å². The van der Waals surface area contributed by atoms with E-state index in [1.807, 2.05) is 0 Å². The fraction of sp³-hybridized carbons (Fsp3) is 0.286. The molecule has 0 fully saturated rings. The van der Waals surface area contributed by atoms with E-state index >= 15 is 0 Å². The highest BCUT2D eigenvalue weighted by atomic mass is 16.5. The predicted molar refractivity (Wildman–Crippen MR) is 37.3 cm³/mol. The van der Waals surface area contributed by atoms with Gasteiger partial charge in [0.15, 0.2) is 0 Å². The minimum absolute atomic E-state index is 0.0467. The monoisotopic (exact) mass is 142 g/mol. The first-order chi connectivity index (χ1) is 4.54. The Hall–Kier alpha value is -1.25. The van der Waals surface area contributed by atoms with Gasteiger partial charge in [0.25, 0.3) is 0 Å². The third kappa shape index (κ3) is 3.72. The number of ether oxygens (including phenoxy) is 1. The maximum atomic E-state index is 10.6. The first-order valence-electron chi connectivity index (χ1n) is 2.76. The lowest BCUT2D eigenvalue weighted by molar-refractivity contribution is -0.133. The largest absolute Gasteiger partial charge is 0.509 e. The Labute approximate surface area is 59.6 Å². The molecule has 0 aliphatic rings. The van der Waals surface area contributed by atoms with Crippen molar-refractivity contribution < 1.29 is 14.6 Å². The Balaban J connectivity index is 3.83. The molecular weight excluding hydrogens is 132 g/mol. The number of hydrogen-bond acceptors (Lipinski definition) is 3. The summed E-state index contributed by atoms with van der Waals surface area (Å²) in [5.74, 6) is -0.581. The van der Waals surface area contributed by atoms with E-state index in [0.717, 1.165) is 6.26 Å². The van der Waals surface area contributed by atoms with E-state index in [-0.39, 0.29) is 5.76 Å². The fourth-order valence-corrected chi connectivity index (χ4v) is 0.239. The van der Waals surface area contributed by atoms with E-state index in [9.17, 15) is 4.79 Å². The molecule has 0 aliphatic carbocycles. The second-order valence-electron chi connectivity index (χ2n) is 1.94. The topological polar surface area (TPSA) is 46.5 Å². The van der Waals surface area contributed by atoms with Gasteiger partial charge in [-0.15, -0.1) is 0 Å². The Morgan fingerprint density at radius 2 is 2.10 bits per heavy atom. The summed E-state index contributed by atoms with van der Waals surface area (Å²) in [7, 11) is 0. The molecule has 0 aromatic heterocycles. The van der Waals surface area contributed by atoms with Gasteiger partial charge in [0.05, 0.1) is 0 Å². The maximum absolute atomic E-state index is 10.6. The Kier molecular flexibility index (Phi) is 3.25. The van der Waals surface area contributed by atoms with Gasteiger partial charge in [0.2, 0.25) is 0 Å². The van der Waals surface area contributed by atoms with Gasteiger partial charge in [-0.3, -0.25) is 0 Å². The number of rotatable bonds is 2. The number of aliphatic hydroxyl groups excluding tert-OH is 1. The van der Waals surface area contributed by atoms with Crippen LogP contribution in [0.3, 0.4) is 0 Å². The van der Waals surface area contributed by atoms with Crippen molar-refractivity contribution in [3.63, 3.8) is 0 Å². The zero-order valence-electron chi connectivity index (χ0n) is 6.05. The van der Waals surface area contributed by atoms with Crippen LogP contribution in [0.5, 0.6) is 0 Å². The standard InChI is InChI=1S/C7H10O3/c1-5(2)7(9)10-4-6(3)8/h4,8H,1H2,2-3H3. The minimum Gasteiger partial charge on any atom is -0.509 e. The number of carbonyl (C=O) groups excluding carboxylic acids is 1. The van der Waals surface area contributed by atoms with Gasteiger partial charge in [-0.25, -0.2) is 4.79 Å². The molecule has 10 heavy (non-hydrogen) atoms. The molecule has 3 heteroatoms. The van der Waals surface area contributed by atoms with Crippen molar-refractivity contribution in [2.24, 2.45) is 0 Å². The molecule has 1 N–H and O–H groups in total. The van der Waals surface area contributed by atoms with Crippen LogP contribution >= 0.6 is 0 Å². The highest BCUT2D eigenvalue weighted by Crippen LogP contribution is 1.94. The molecule has 0 aromatic rings. The Bertz CT molecular complexity index is 175. The first kappa shape index (κ1) is 8.75. The van der Waals surface area contributed by atoms with Crippen LogP contribution in [0, 0.1) is 0 Å². The van der Waals surface area contributed by atoms with Gasteiger partial charge in [-0.05, 0) is 13.8 Å². The van der Waals surface area contributed by atoms with Crippen LogP contribution in [-0.2, 0) is 9.53 Å². The number of aliphatic hydroxyl groups is 1. The van der Waals surface area contributed by atoms with Crippen LogP contribution in [0.25, 0.3) is 0 Å². The van der Waals surface area contributed by atoms with Crippen molar-refractivity contribution in [3.8, 4) is 0 Å². The third-order valence-corrected chi connectivity index (χ3v) is 0.685. The molecule has 0 unspecified atom stereocenters. The molecule has 0 amide bonds. The molecule has 0 atom stereocenters. The SMILES string of the molecule is C=C(C)C(=O)OC=C(C)O. The Morgan fingerprint density at radius 3 is 2.40 bits per heavy atom. The van der Waals surface area contributed by atoms with Crippen LogP contribution < -0.4 is 0 Å². The quantitative estimate of drug-likeness (QED) is 0.361. The highest BCUT2D eigenvalue weighted by Gasteiger charge is 1.99. The number of carbonyl (C=O) groups is 1. The molecule has 3 nitrogen and oxygen atoms in total. The highest BCUT2D eigenvalue weighted by molar-refractivity contribution is 5.87. The molecule has 0 heterocycles. The van der Waals surface area contributed by atoms with Crippen LogP contribution in [0.15, 0.2) is 24.2 Å². The van der Waals surface area contributed by atoms with Crippen molar-refractivity contribution in [1.82, 2.24) is 0 Å². The molecule has 56 valence electrons. The van der Waals surface area contributed by atoms with Crippen LogP contribution in [0.1, 0.15) is 13.8 Å². The summed E-state index contributed by atoms with van der Waals surface area (Å²) in [5, 5.41) is 8.54. The van der Waals surface area contributed by atoms with Crippen molar-refractivity contribution in [2.75, 3.05) is 0 Å². The van der Waals surface area contributed by atoms with Gasteiger partial charge >= 0.3 is 5.97 Å². The molecular formula is C7H10O3. The van der Waals surface area contributed by atoms with Gasteiger partial charge in [-0.2, -0.15) is 0 Å². The van der Waals surface area contributed by atoms with Crippen LogP contribution in [-0.4, -0.2) is 11.1 Å².